The number of halogens is 1. The van der Waals surface area contributed by atoms with Gasteiger partial charge in [0.2, 0.25) is 0 Å². The van der Waals surface area contributed by atoms with Gasteiger partial charge in [0, 0.05) is 34.9 Å². The second-order valence-corrected chi connectivity index (χ2v) is 7.43. The van der Waals surface area contributed by atoms with E-state index in [-0.39, 0.29) is 11.8 Å². The molecule has 0 bridgehead atoms. The van der Waals surface area contributed by atoms with Crippen molar-refractivity contribution < 1.29 is 9.59 Å². The van der Waals surface area contributed by atoms with E-state index in [4.69, 9.17) is 11.6 Å². The third kappa shape index (κ3) is 4.25. The van der Waals surface area contributed by atoms with Crippen LogP contribution in [0, 0.1) is 12.8 Å². The Labute approximate surface area is 159 Å². The largest absolute Gasteiger partial charge is 0.338 e. The number of piperidine rings is 1. The molecule has 1 aliphatic rings. The van der Waals surface area contributed by atoms with Crippen LogP contribution in [0.5, 0.6) is 0 Å². The van der Waals surface area contributed by atoms with Crippen LogP contribution in [-0.4, -0.2) is 29.8 Å². The molecule has 2 aromatic rings. The molecule has 1 aliphatic heterocycles. The Hall–Kier alpha value is -2.33. The molecule has 0 spiro atoms. The fourth-order valence-corrected chi connectivity index (χ4v) is 3.51. The first-order valence-corrected chi connectivity index (χ1v) is 9.28. The summed E-state index contributed by atoms with van der Waals surface area (Å²) < 4.78 is 0. The van der Waals surface area contributed by atoms with Gasteiger partial charge in [0.15, 0.2) is 0 Å². The van der Waals surface area contributed by atoms with Gasteiger partial charge in [-0.05, 0) is 73.7 Å². The fraction of sp³-hybridized carbons (Fsp3) is 0.333. The summed E-state index contributed by atoms with van der Waals surface area (Å²) in [6, 6.07) is 12.2. The molecule has 136 valence electrons. The van der Waals surface area contributed by atoms with Crippen LogP contribution in [0.4, 0.5) is 5.69 Å². The maximum Gasteiger partial charge on any atom is 0.255 e. The molecule has 0 aliphatic carbocycles. The van der Waals surface area contributed by atoms with E-state index in [0.29, 0.717) is 22.1 Å². The number of likely N-dealkylation sites (tertiary alicyclic amines) is 1. The van der Waals surface area contributed by atoms with Crippen LogP contribution in [0.15, 0.2) is 42.5 Å². The molecule has 0 aromatic heterocycles. The van der Waals surface area contributed by atoms with Crippen LogP contribution in [0.25, 0.3) is 0 Å². The SMILES string of the molecule is Cc1cc(Cl)ccc1NC(=O)c1ccc(C(=O)N2CCCC(C)C2)cc1. The maximum atomic E-state index is 12.6. The predicted molar refractivity (Wildman–Crippen MR) is 105 cm³/mol. The minimum absolute atomic E-state index is 0.0389. The number of rotatable bonds is 3. The van der Waals surface area contributed by atoms with E-state index in [2.05, 4.69) is 12.2 Å². The first-order valence-electron chi connectivity index (χ1n) is 8.91. The van der Waals surface area contributed by atoms with Gasteiger partial charge in [0.1, 0.15) is 0 Å². The summed E-state index contributed by atoms with van der Waals surface area (Å²) in [5, 5.41) is 3.51. The third-order valence-electron chi connectivity index (χ3n) is 4.77. The average molecular weight is 371 g/mol. The summed E-state index contributed by atoms with van der Waals surface area (Å²) in [7, 11) is 0. The summed E-state index contributed by atoms with van der Waals surface area (Å²) in [6.07, 6.45) is 2.22. The van der Waals surface area contributed by atoms with Crippen molar-refractivity contribution in [1.82, 2.24) is 4.90 Å². The maximum absolute atomic E-state index is 12.6. The second-order valence-electron chi connectivity index (χ2n) is 6.99. The lowest BCUT2D eigenvalue weighted by molar-refractivity contribution is 0.0682. The van der Waals surface area contributed by atoms with Gasteiger partial charge in [-0.25, -0.2) is 0 Å². The van der Waals surface area contributed by atoms with Gasteiger partial charge < -0.3 is 10.2 Å². The van der Waals surface area contributed by atoms with E-state index in [1.807, 2.05) is 11.8 Å². The van der Waals surface area contributed by atoms with Gasteiger partial charge in [0.25, 0.3) is 11.8 Å². The molecule has 0 radical (unpaired) electrons. The number of aryl methyl sites for hydroxylation is 1. The molecule has 1 fully saturated rings. The zero-order chi connectivity index (χ0) is 18.7. The van der Waals surface area contributed by atoms with E-state index < -0.39 is 0 Å². The Bertz CT molecular complexity index is 817. The van der Waals surface area contributed by atoms with Crippen molar-refractivity contribution in [3.8, 4) is 0 Å². The number of benzene rings is 2. The predicted octanol–water partition coefficient (Wildman–Crippen LogP) is 4.77. The lowest BCUT2D eigenvalue weighted by Crippen LogP contribution is -2.39. The molecule has 2 amide bonds. The Balaban J connectivity index is 1.68. The van der Waals surface area contributed by atoms with Crippen molar-refractivity contribution >= 4 is 29.1 Å². The number of amides is 2. The van der Waals surface area contributed by atoms with Crippen molar-refractivity contribution in [3.63, 3.8) is 0 Å². The topological polar surface area (TPSA) is 49.4 Å². The number of nitrogens with zero attached hydrogens (tertiary/aromatic N) is 1. The van der Waals surface area contributed by atoms with Crippen LogP contribution in [0.3, 0.4) is 0 Å². The Kier molecular flexibility index (Phi) is 5.62. The standard InChI is InChI=1S/C21H23ClN2O2/c1-14-4-3-11-24(13-14)21(26)17-7-5-16(6-8-17)20(25)23-19-10-9-18(22)12-15(19)2/h5-10,12,14H,3-4,11,13H2,1-2H3,(H,23,25). The quantitative estimate of drug-likeness (QED) is 0.845. The van der Waals surface area contributed by atoms with Crippen molar-refractivity contribution in [2.24, 2.45) is 5.92 Å². The number of carbonyl (C=O) groups excluding carboxylic acids is 2. The highest BCUT2D eigenvalue weighted by Crippen LogP contribution is 2.21. The van der Waals surface area contributed by atoms with E-state index in [9.17, 15) is 9.59 Å². The van der Waals surface area contributed by atoms with E-state index >= 15 is 0 Å². The highest BCUT2D eigenvalue weighted by Gasteiger charge is 2.22. The number of hydrogen-bond acceptors (Lipinski definition) is 2. The number of nitrogens with one attached hydrogen (secondary N) is 1. The highest BCUT2D eigenvalue weighted by atomic mass is 35.5. The molecular formula is C21H23ClN2O2. The molecule has 1 atom stereocenters. The van der Waals surface area contributed by atoms with Crippen molar-refractivity contribution in [2.75, 3.05) is 18.4 Å². The summed E-state index contributed by atoms with van der Waals surface area (Å²) in [6.45, 7) is 5.67. The van der Waals surface area contributed by atoms with Gasteiger partial charge in [-0.3, -0.25) is 9.59 Å². The van der Waals surface area contributed by atoms with E-state index in [1.165, 1.54) is 6.42 Å². The van der Waals surface area contributed by atoms with Gasteiger partial charge >= 0.3 is 0 Å². The van der Waals surface area contributed by atoms with Crippen LogP contribution < -0.4 is 5.32 Å². The lowest BCUT2D eigenvalue weighted by Gasteiger charge is -2.31. The molecule has 1 N–H and O–H groups in total. The Morgan fingerprint density at radius 2 is 1.81 bits per heavy atom. The molecule has 26 heavy (non-hydrogen) atoms. The summed E-state index contributed by atoms with van der Waals surface area (Å²) in [5.41, 5.74) is 2.76. The number of anilines is 1. The summed E-state index contributed by atoms with van der Waals surface area (Å²) >= 11 is 5.94. The monoisotopic (exact) mass is 370 g/mol. The van der Waals surface area contributed by atoms with Crippen LogP contribution in [-0.2, 0) is 0 Å². The van der Waals surface area contributed by atoms with Gasteiger partial charge in [0.05, 0.1) is 0 Å². The Morgan fingerprint density at radius 1 is 1.12 bits per heavy atom. The molecular weight excluding hydrogens is 348 g/mol. The number of hydrogen-bond donors (Lipinski definition) is 1. The molecule has 1 saturated heterocycles. The van der Waals surface area contributed by atoms with Crippen LogP contribution >= 0.6 is 11.6 Å². The zero-order valence-corrected chi connectivity index (χ0v) is 15.8. The van der Waals surface area contributed by atoms with Gasteiger partial charge in [-0.1, -0.05) is 18.5 Å². The van der Waals surface area contributed by atoms with Gasteiger partial charge in [-0.15, -0.1) is 0 Å². The molecule has 1 heterocycles. The molecule has 0 saturated carbocycles. The van der Waals surface area contributed by atoms with Crippen LogP contribution in [0.2, 0.25) is 5.02 Å². The molecule has 2 aromatic carbocycles. The lowest BCUT2D eigenvalue weighted by atomic mass is 9.99. The summed E-state index contributed by atoms with van der Waals surface area (Å²) in [5.74, 6) is 0.374. The minimum Gasteiger partial charge on any atom is -0.338 e. The molecule has 4 nitrogen and oxygen atoms in total. The van der Waals surface area contributed by atoms with Crippen LogP contribution in [0.1, 0.15) is 46.0 Å². The first kappa shape index (κ1) is 18.5. The third-order valence-corrected chi connectivity index (χ3v) is 5.01. The second kappa shape index (κ2) is 7.92. The molecule has 1 unspecified atom stereocenters. The van der Waals surface area contributed by atoms with Crippen molar-refractivity contribution in [1.29, 1.82) is 0 Å². The highest BCUT2D eigenvalue weighted by molar-refractivity contribution is 6.30. The Morgan fingerprint density at radius 3 is 2.46 bits per heavy atom. The molecule has 5 heteroatoms. The smallest absolute Gasteiger partial charge is 0.255 e. The van der Waals surface area contributed by atoms with Crippen molar-refractivity contribution in [3.05, 3.63) is 64.2 Å². The minimum atomic E-state index is -0.207. The zero-order valence-electron chi connectivity index (χ0n) is 15.1. The number of carbonyl (C=O) groups is 2. The first-order chi connectivity index (χ1) is 12.4. The molecule has 3 rings (SSSR count). The van der Waals surface area contributed by atoms with Crippen molar-refractivity contribution in [2.45, 2.75) is 26.7 Å². The normalized spacial score (nSPS) is 17.0. The fourth-order valence-electron chi connectivity index (χ4n) is 3.28. The summed E-state index contributed by atoms with van der Waals surface area (Å²) in [4.78, 5) is 26.9. The van der Waals surface area contributed by atoms with Gasteiger partial charge in [-0.2, -0.15) is 0 Å². The average Bonchev–Trinajstić information content (AvgIpc) is 2.63. The van der Waals surface area contributed by atoms with E-state index in [0.717, 1.165) is 30.8 Å². The van der Waals surface area contributed by atoms with E-state index in [1.54, 1.807) is 42.5 Å².